The third-order valence-corrected chi connectivity index (χ3v) is 3.15. The molecule has 1 aromatic rings. The maximum atomic E-state index is 11.2. The van der Waals surface area contributed by atoms with Crippen molar-refractivity contribution in [2.24, 2.45) is 0 Å². The minimum atomic E-state index is 0.291. The van der Waals surface area contributed by atoms with E-state index in [0.717, 1.165) is 24.3 Å². The number of piperidine rings is 1. The van der Waals surface area contributed by atoms with Gasteiger partial charge in [0, 0.05) is 31.6 Å². The number of Topliss-reactive ketones (excluding diaryl/α,β-unsaturated/α-hetero) is 1. The van der Waals surface area contributed by atoms with Gasteiger partial charge in [-0.2, -0.15) is 0 Å². The van der Waals surface area contributed by atoms with Crippen molar-refractivity contribution in [1.29, 1.82) is 0 Å². The van der Waals surface area contributed by atoms with Gasteiger partial charge in [-0.25, -0.2) is 0 Å². The van der Waals surface area contributed by atoms with Crippen molar-refractivity contribution in [3.05, 3.63) is 35.9 Å². The van der Waals surface area contributed by atoms with Crippen LogP contribution in [0, 0.1) is 0 Å². The van der Waals surface area contributed by atoms with Gasteiger partial charge in [0.15, 0.2) is 0 Å². The van der Waals surface area contributed by atoms with Crippen molar-refractivity contribution >= 4 is 24.0 Å². The SMILES string of the molecule is O=COC/C=C/c1ccc(N2CCC(=O)CC2)cc1. The van der Waals surface area contributed by atoms with Gasteiger partial charge in [0.1, 0.15) is 12.4 Å². The van der Waals surface area contributed by atoms with Crippen LogP contribution in [0.1, 0.15) is 18.4 Å². The van der Waals surface area contributed by atoms with Gasteiger partial charge in [0.2, 0.25) is 0 Å². The highest BCUT2D eigenvalue weighted by molar-refractivity contribution is 5.81. The maximum Gasteiger partial charge on any atom is 0.293 e. The summed E-state index contributed by atoms with van der Waals surface area (Å²) in [6.45, 7) is 2.34. The Balaban J connectivity index is 1.92. The predicted octanol–water partition coefficient (Wildman–Crippen LogP) is 2.04. The van der Waals surface area contributed by atoms with Crippen LogP contribution in [0.3, 0.4) is 0 Å². The van der Waals surface area contributed by atoms with E-state index in [9.17, 15) is 9.59 Å². The number of ether oxygens (including phenoxy) is 1. The van der Waals surface area contributed by atoms with E-state index in [2.05, 4.69) is 21.8 Å². The fourth-order valence-corrected chi connectivity index (χ4v) is 2.09. The van der Waals surface area contributed by atoms with E-state index >= 15 is 0 Å². The summed E-state index contributed by atoms with van der Waals surface area (Å²) in [5, 5.41) is 0. The third-order valence-electron chi connectivity index (χ3n) is 3.15. The average Bonchev–Trinajstić information content (AvgIpc) is 2.45. The zero-order valence-electron chi connectivity index (χ0n) is 10.7. The summed E-state index contributed by atoms with van der Waals surface area (Å²) in [4.78, 5) is 23.4. The van der Waals surface area contributed by atoms with Crippen LogP contribution in [0.4, 0.5) is 5.69 Å². The zero-order valence-corrected chi connectivity index (χ0v) is 10.7. The highest BCUT2D eigenvalue weighted by atomic mass is 16.5. The third kappa shape index (κ3) is 3.95. The first-order valence-electron chi connectivity index (χ1n) is 6.38. The van der Waals surface area contributed by atoms with Gasteiger partial charge >= 0.3 is 0 Å². The molecule has 0 radical (unpaired) electrons. The first-order valence-corrected chi connectivity index (χ1v) is 6.38. The maximum absolute atomic E-state index is 11.2. The summed E-state index contributed by atoms with van der Waals surface area (Å²) in [7, 11) is 0. The molecular formula is C15H17NO3. The average molecular weight is 259 g/mol. The lowest BCUT2D eigenvalue weighted by Gasteiger charge is -2.28. The normalized spacial score (nSPS) is 15.8. The summed E-state index contributed by atoms with van der Waals surface area (Å²) < 4.78 is 4.58. The first kappa shape index (κ1) is 13.3. The number of hydrogen-bond donors (Lipinski definition) is 0. The van der Waals surface area contributed by atoms with Crippen molar-refractivity contribution in [2.45, 2.75) is 12.8 Å². The van der Waals surface area contributed by atoms with Gasteiger partial charge in [0.05, 0.1) is 0 Å². The first-order chi connectivity index (χ1) is 9.29. The Hall–Kier alpha value is -2.10. The molecule has 1 aliphatic rings. The standard InChI is InChI=1S/C15H17NO3/c17-12-19-11-1-2-13-3-5-14(6-4-13)16-9-7-15(18)8-10-16/h1-6,12H,7-11H2/b2-1+. The van der Waals surface area contributed by atoms with E-state index in [1.54, 1.807) is 6.08 Å². The molecule has 100 valence electrons. The quantitative estimate of drug-likeness (QED) is 0.599. The summed E-state index contributed by atoms with van der Waals surface area (Å²) >= 11 is 0. The van der Waals surface area contributed by atoms with Crippen LogP contribution < -0.4 is 4.90 Å². The molecule has 1 aliphatic heterocycles. The molecule has 19 heavy (non-hydrogen) atoms. The fraction of sp³-hybridized carbons (Fsp3) is 0.333. The van der Waals surface area contributed by atoms with Crippen LogP contribution >= 0.6 is 0 Å². The number of anilines is 1. The molecule has 0 aliphatic carbocycles. The van der Waals surface area contributed by atoms with Gasteiger partial charge < -0.3 is 9.64 Å². The molecule has 0 unspecified atom stereocenters. The second kappa shape index (κ2) is 6.73. The van der Waals surface area contributed by atoms with E-state index in [4.69, 9.17) is 0 Å². The monoisotopic (exact) mass is 259 g/mol. The van der Waals surface area contributed by atoms with Crippen molar-refractivity contribution in [3.8, 4) is 0 Å². The van der Waals surface area contributed by atoms with Crippen LogP contribution in [-0.2, 0) is 14.3 Å². The molecule has 2 rings (SSSR count). The highest BCUT2D eigenvalue weighted by Gasteiger charge is 2.15. The van der Waals surface area contributed by atoms with E-state index in [1.165, 1.54) is 0 Å². The Morgan fingerprint density at radius 1 is 1.16 bits per heavy atom. The van der Waals surface area contributed by atoms with E-state index in [1.807, 2.05) is 18.2 Å². The van der Waals surface area contributed by atoms with Crippen molar-refractivity contribution < 1.29 is 14.3 Å². The largest absolute Gasteiger partial charge is 0.464 e. The fourth-order valence-electron chi connectivity index (χ4n) is 2.09. The number of nitrogens with zero attached hydrogens (tertiary/aromatic N) is 1. The van der Waals surface area contributed by atoms with Crippen molar-refractivity contribution in [3.63, 3.8) is 0 Å². The number of rotatable bonds is 5. The molecule has 0 atom stereocenters. The minimum absolute atomic E-state index is 0.291. The van der Waals surface area contributed by atoms with E-state index < -0.39 is 0 Å². The summed E-state index contributed by atoms with van der Waals surface area (Å²) in [5.74, 6) is 0.353. The van der Waals surface area contributed by atoms with Gasteiger partial charge in [-0.1, -0.05) is 18.2 Å². The molecule has 0 N–H and O–H groups in total. The lowest BCUT2D eigenvalue weighted by Crippen LogP contribution is -2.33. The number of ketones is 1. The van der Waals surface area contributed by atoms with Crippen LogP contribution in [-0.4, -0.2) is 32.0 Å². The van der Waals surface area contributed by atoms with Gasteiger partial charge in [-0.05, 0) is 23.8 Å². The minimum Gasteiger partial charge on any atom is -0.464 e. The predicted molar refractivity (Wildman–Crippen MR) is 73.9 cm³/mol. The van der Waals surface area contributed by atoms with Crippen LogP contribution in [0.5, 0.6) is 0 Å². The molecule has 0 bridgehead atoms. The lowest BCUT2D eigenvalue weighted by atomic mass is 10.1. The second-order valence-electron chi connectivity index (χ2n) is 4.45. The molecule has 4 heteroatoms. The molecular weight excluding hydrogens is 242 g/mol. The van der Waals surface area contributed by atoms with Gasteiger partial charge in [0.25, 0.3) is 6.47 Å². The topological polar surface area (TPSA) is 46.6 Å². The van der Waals surface area contributed by atoms with Crippen LogP contribution in [0.25, 0.3) is 6.08 Å². The molecule has 0 aromatic heterocycles. The Morgan fingerprint density at radius 2 is 1.84 bits per heavy atom. The molecule has 0 saturated carbocycles. The number of hydrogen-bond acceptors (Lipinski definition) is 4. The van der Waals surface area contributed by atoms with E-state index in [-0.39, 0.29) is 0 Å². The van der Waals surface area contributed by atoms with Gasteiger partial charge in [-0.15, -0.1) is 0 Å². The summed E-state index contributed by atoms with van der Waals surface area (Å²) in [5.41, 5.74) is 2.21. The Bertz CT molecular complexity index is 455. The second-order valence-corrected chi connectivity index (χ2v) is 4.45. The highest BCUT2D eigenvalue weighted by Crippen LogP contribution is 2.19. The summed E-state index contributed by atoms with van der Waals surface area (Å²) in [6, 6.07) is 8.14. The Morgan fingerprint density at radius 3 is 2.47 bits per heavy atom. The van der Waals surface area contributed by atoms with Crippen LogP contribution in [0.2, 0.25) is 0 Å². The molecule has 1 heterocycles. The molecule has 1 aromatic carbocycles. The number of carbonyl (C=O) groups is 2. The molecule has 4 nitrogen and oxygen atoms in total. The van der Waals surface area contributed by atoms with Crippen molar-refractivity contribution in [1.82, 2.24) is 0 Å². The lowest BCUT2D eigenvalue weighted by molar-refractivity contribution is -0.127. The molecule has 0 spiro atoms. The van der Waals surface area contributed by atoms with Crippen LogP contribution in [0.15, 0.2) is 30.3 Å². The number of benzene rings is 1. The van der Waals surface area contributed by atoms with E-state index in [0.29, 0.717) is 31.7 Å². The molecule has 0 amide bonds. The number of carbonyl (C=O) groups excluding carboxylic acids is 2. The smallest absolute Gasteiger partial charge is 0.293 e. The summed E-state index contributed by atoms with van der Waals surface area (Å²) in [6.07, 6.45) is 4.99. The van der Waals surface area contributed by atoms with Crippen molar-refractivity contribution in [2.75, 3.05) is 24.6 Å². The Labute approximate surface area is 112 Å². The Kier molecular flexibility index (Phi) is 4.72. The van der Waals surface area contributed by atoms with Gasteiger partial charge in [-0.3, -0.25) is 9.59 Å². The molecule has 1 fully saturated rings. The molecule has 1 saturated heterocycles. The zero-order chi connectivity index (χ0) is 13.5.